The van der Waals surface area contributed by atoms with Crippen LogP contribution in [0, 0.1) is 0 Å². The van der Waals surface area contributed by atoms with Gasteiger partial charge in [0.15, 0.2) is 5.16 Å². The summed E-state index contributed by atoms with van der Waals surface area (Å²) in [6, 6.07) is 1.33. The molecule has 0 bridgehead atoms. The van der Waals surface area contributed by atoms with Crippen LogP contribution < -0.4 is 5.73 Å². The van der Waals surface area contributed by atoms with Gasteiger partial charge in [-0.2, -0.15) is 0 Å². The second-order valence-corrected chi connectivity index (χ2v) is 4.52. The van der Waals surface area contributed by atoms with Crippen molar-refractivity contribution < 1.29 is 4.79 Å². The van der Waals surface area contributed by atoms with Crippen LogP contribution >= 0.6 is 11.8 Å². The predicted octanol–water partition coefficient (Wildman–Crippen LogP) is 0.698. The van der Waals surface area contributed by atoms with Crippen molar-refractivity contribution in [2.24, 2.45) is 0 Å². The molecule has 1 N–H and O–H groups in total. The van der Waals surface area contributed by atoms with Gasteiger partial charge in [0.25, 0.3) is 0 Å². The van der Waals surface area contributed by atoms with Gasteiger partial charge in [-0.3, -0.25) is 10.5 Å². The van der Waals surface area contributed by atoms with Crippen molar-refractivity contribution in [1.29, 1.82) is 0 Å². The number of nitrogens with zero attached hydrogens (tertiary/aromatic N) is 3. The van der Waals surface area contributed by atoms with Gasteiger partial charge in [-0.25, -0.2) is 9.97 Å². The third kappa shape index (κ3) is 4.59. The maximum Gasteiger partial charge on any atom is 0.223 e. The largest absolute Gasteiger partial charge is 0.349 e. The Labute approximate surface area is 99.4 Å². The number of thioether (sulfide) groups is 1. The Balaban J connectivity index is 2.30. The Kier molecular flexibility index (Phi) is 5.21. The molecule has 6 heteroatoms. The normalized spacial score (nSPS) is 12.2. The van der Waals surface area contributed by atoms with Crippen LogP contribution in [-0.4, -0.2) is 46.7 Å². The third-order valence-electron chi connectivity index (χ3n) is 1.88. The fourth-order valence-corrected chi connectivity index (χ4v) is 1.73. The first-order chi connectivity index (χ1) is 7.59. The molecule has 0 aliphatic heterocycles. The van der Waals surface area contributed by atoms with Crippen LogP contribution in [0.4, 0.5) is 0 Å². The van der Waals surface area contributed by atoms with Crippen molar-refractivity contribution in [3.8, 4) is 0 Å². The number of carbonyl (C=O) groups is 1. The highest BCUT2D eigenvalue weighted by Gasteiger charge is 2.12. The van der Waals surface area contributed by atoms with Gasteiger partial charge < -0.3 is 4.90 Å². The summed E-state index contributed by atoms with van der Waals surface area (Å²) in [5.41, 5.74) is 7.72. The van der Waals surface area contributed by atoms with Crippen LogP contribution in [0.3, 0.4) is 0 Å². The van der Waals surface area contributed by atoms with Crippen molar-refractivity contribution in [2.45, 2.75) is 17.6 Å². The molecular formula is C10H15N4OS. The van der Waals surface area contributed by atoms with E-state index < -0.39 is 6.04 Å². The van der Waals surface area contributed by atoms with E-state index in [1.54, 1.807) is 32.6 Å². The first-order valence-electron chi connectivity index (χ1n) is 4.90. The standard InChI is InChI=1S/C10H15N4OS/c1-14(2)9(15)6-8(11)7-16-10-12-4-3-5-13-10/h3-5,8,11H,6-7H2,1-2H3/t8-/m1/s1. The number of nitrogens with one attached hydrogen (secondary N) is 1. The fourth-order valence-electron chi connectivity index (χ4n) is 0.987. The lowest BCUT2D eigenvalue weighted by atomic mass is 10.2. The number of carbonyl (C=O) groups excluding carboxylic acids is 1. The molecule has 1 atom stereocenters. The van der Waals surface area contributed by atoms with E-state index in [0.29, 0.717) is 10.9 Å². The molecule has 0 spiro atoms. The van der Waals surface area contributed by atoms with E-state index in [2.05, 4.69) is 9.97 Å². The maximum absolute atomic E-state index is 11.3. The quantitative estimate of drug-likeness (QED) is 0.560. The molecule has 1 amide bonds. The third-order valence-corrected chi connectivity index (χ3v) is 2.91. The molecule has 1 aromatic rings. The molecule has 0 fully saturated rings. The topological polar surface area (TPSA) is 69.9 Å². The zero-order valence-electron chi connectivity index (χ0n) is 9.38. The van der Waals surface area contributed by atoms with Gasteiger partial charge in [0.1, 0.15) is 0 Å². The molecule has 1 heterocycles. The van der Waals surface area contributed by atoms with Crippen LogP contribution in [-0.2, 0) is 4.79 Å². The molecule has 87 valence electrons. The Morgan fingerprint density at radius 2 is 2.12 bits per heavy atom. The van der Waals surface area contributed by atoms with Crippen LogP contribution in [0.1, 0.15) is 6.42 Å². The minimum Gasteiger partial charge on any atom is -0.349 e. The highest BCUT2D eigenvalue weighted by atomic mass is 32.2. The highest BCUT2D eigenvalue weighted by molar-refractivity contribution is 7.99. The van der Waals surface area contributed by atoms with Crippen molar-refractivity contribution in [1.82, 2.24) is 20.6 Å². The Bertz CT molecular complexity index is 331. The summed E-state index contributed by atoms with van der Waals surface area (Å²) in [6.07, 6.45) is 3.57. The molecule has 0 aliphatic rings. The van der Waals surface area contributed by atoms with E-state index in [0.717, 1.165) is 0 Å². The first-order valence-corrected chi connectivity index (χ1v) is 5.89. The summed E-state index contributed by atoms with van der Waals surface area (Å²) in [6.45, 7) is 0. The number of amides is 1. The van der Waals surface area contributed by atoms with E-state index in [-0.39, 0.29) is 12.3 Å². The summed E-state index contributed by atoms with van der Waals surface area (Å²) < 4.78 is 0. The summed E-state index contributed by atoms with van der Waals surface area (Å²) in [7, 11) is 3.39. The Morgan fingerprint density at radius 3 is 2.69 bits per heavy atom. The molecular weight excluding hydrogens is 224 g/mol. The van der Waals surface area contributed by atoms with Crippen molar-refractivity contribution in [2.75, 3.05) is 19.8 Å². The number of aromatic nitrogens is 2. The summed E-state index contributed by atoms with van der Waals surface area (Å²) in [5, 5.41) is 0.650. The van der Waals surface area contributed by atoms with Crippen molar-refractivity contribution in [3.05, 3.63) is 18.5 Å². The number of rotatable bonds is 5. The lowest BCUT2D eigenvalue weighted by Gasteiger charge is -2.13. The molecule has 0 saturated carbocycles. The number of hydrogen-bond acceptors (Lipinski definition) is 4. The van der Waals surface area contributed by atoms with Crippen LogP contribution in [0.5, 0.6) is 0 Å². The van der Waals surface area contributed by atoms with E-state index in [1.165, 1.54) is 16.7 Å². The number of hydrogen-bond donors (Lipinski definition) is 0. The molecule has 0 unspecified atom stereocenters. The van der Waals surface area contributed by atoms with Crippen molar-refractivity contribution in [3.63, 3.8) is 0 Å². The average molecular weight is 239 g/mol. The molecule has 0 aliphatic carbocycles. The molecule has 0 aromatic carbocycles. The van der Waals surface area contributed by atoms with E-state index in [1.807, 2.05) is 0 Å². The molecule has 16 heavy (non-hydrogen) atoms. The fraction of sp³-hybridized carbons (Fsp3) is 0.500. The first kappa shape index (κ1) is 12.9. The Morgan fingerprint density at radius 1 is 1.50 bits per heavy atom. The predicted molar refractivity (Wildman–Crippen MR) is 63.0 cm³/mol. The smallest absolute Gasteiger partial charge is 0.223 e. The van der Waals surface area contributed by atoms with E-state index in [4.69, 9.17) is 5.73 Å². The lowest BCUT2D eigenvalue weighted by Crippen LogP contribution is -2.28. The highest BCUT2D eigenvalue weighted by Crippen LogP contribution is 2.13. The van der Waals surface area contributed by atoms with Gasteiger partial charge in [0.05, 0.1) is 0 Å². The average Bonchev–Trinajstić information content (AvgIpc) is 2.27. The second kappa shape index (κ2) is 6.44. The minimum atomic E-state index is -0.413. The maximum atomic E-state index is 11.3. The van der Waals surface area contributed by atoms with E-state index >= 15 is 0 Å². The van der Waals surface area contributed by atoms with Gasteiger partial charge in [-0.1, -0.05) is 11.8 Å². The molecule has 1 rings (SSSR count). The lowest BCUT2D eigenvalue weighted by molar-refractivity contribution is -0.128. The summed E-state index contributed by atoms with van der Waals surface area (Å²) in [4.78, 5) is 20.9. The monoisotopic (exact) mass is 239 g/mol. The van der Waals surface area contributed by atoms with Gasteiger partial charge in [-0.15, -0.1) is 0 Å². The zero-order chi connectivity index (χ0) is 12.0. The minimum absolute atomic E-state index is 0.0189. The molecule has 1 aromatic heterocycles. The molecule has 1 radical (unpaired) electrons. The SMILES string of the molecule is CN(C)C(=O)C[C@@H]([NH])CSc1ncccn1. The van der Waals surface area contributed by atoms with Gasteiger partial charge in [0, 0.05) is 44.7 Å². The Hall–Kier alpha value is -1.14. The van der Waals surface area contributed by atoms with Crippen molar-refractivity contribution >= 4 is 17.7 Å². The van der Waals surface area contributed by atoms with Gasteiger partial charge in [0.2, 0.25) is 5.91 Å². The van der Waals surface area contributed by atoms with Gasteiger partial charge >= 0.3 is 0 Å². The van der Waals surface area contributed by atoms with E-state index in [9.17, 15) is 4.79 Å². The summed E-state index contributed by atoms with van der Waals surface area (Å²) >= 11 is 1.40. The van der Waals surface area contributed by atoms with Crippen LogP contribution in [0.15, 0.2) is 23.6 Å². The molecule has 5 nitrogen and oxygen atoms in total. The molecule has 0 saturated heterocycles. The zero-order valence-corrected chi connectivity index (χ0v) is 10.2. The summed E-state index contributed by atoms with van der Waals surface area (Å²) in [5.74, 6) is 0.512. The van der Waals surface area contributed by atoms with Crippen LogP contribution in [0.25, 0.3) is 0 Å². The second-order valence-electron chi connectivity index (χ2n) is 3.53. The van der Waals surface area contributed by atoms with Gasteiger partial charge in [-0.05, 0) is 6.07 Å². The van der Waals surface area contributed by atoms with Crippen LogP contribution in [0.2, 0.25) is 0 Å².